The van der Waals surface area contributed by atoms with Gasteiger partial charge in [-0.2, -0.15) is 0 Å². The molecule has 1 aromatic carbocycles. The number of furan rings is 2. The van der Waals surface area contributed by atoms with Gasteiger partial charge in [-0.1, -0.05) is 30.3 Å². The summed E-state index contributed by atoms with van der Waals surface area (Å²) in [5.74, 6) is 2.21. The van der Waals surface area contributed by atoms with Crippen LogP contribution in [0, 0.1) is 0 Å². The molecule has 0 aliphatic carbocycles. The molecule has 0 saturated heterocycles. The minimum Gasteiger partial charge on any atom is -0.467 e. The number of nitrogens with one attached hydrogen (secondary N) is 1. The highest BCUT2D eigenvalue weighted by atomic mass is 16.4. The molecule has 3 rings (SSSR count). The van der Waals surface area contributed by atoms with E-state index in [0.29, 0.717) is 12.3 Å². The highest BCUT2D eigenvalue weighted by Crippen LogP contribution is 2.23. The van der Waals surface area contributed by atoms with E-state index in [2.05, 4.69) is 17.4 Å². The highest BCUT2D eigenvalue weighted by Gasteiger charge is 2.16. The van der Waals surface area contributed by atoms with Crippen molar-refractivity contribution in [3.63, 3.8) is 0 Å². The van der Waals surface area contributed by atoms with Crippen molar-refractivity contribution >= 4 is 0 Å². The smallest absolute Gasteiger partial charge is 0.129 e. The third-order valence-electron chi connectivity index (χ3n) is 3.31. The predicted octanol–water partition coefficient (Wildman–Crippen LogP) is 3.24. The number of rotatable bonds is 6. The summed E-state index contributed by atoms with van der Waals surface area (Å²) in [7, 11) is 0. The topological polar surface area (TPSA) is 58.5 Å². The molecule has 0 aliphatic heterocycles. The lowest BCUT2D eigenvalue weighted by Crippen LogP contribution is -2.21. The Balaban J connectivity index is 1.77. The van der Waals surface area contributed by atoms with Crippen LogP contribution in [0.3, 0.4) is 0 Å². The fourth-order valence-corrected chi connectivity index (χ4v) is 2.29. The van der Waals surface area contributed by atoms with Crippen LogP contribution in [0.4, 0.5) is 0 Å². The van der Waals surface area contributed by atoms with Gasteiger partial charge in [0.25, 0.3) is 0 Å². The van der Waals surface area contributed by atoms with Crippen LogP contribution in [0.25, 0.3) is 0 Å². The molecule has 108 valence electrons. The molecule has 0 radical (unpaired) electrons. The van der Waals surface area contributed by atoms with Gasteiger partial charge in [-0.3, -0.25) is 5.32 Å². The van der Waals surface area contributed by atoms with Crippen molar-refractivity contribution in [2.24, 2.45) is 0 Å². The van der Waals surface area contributed by atoms with E-state index in [0.717, 1.165) is 17.1 Å². The van der Waals surface area contributed by atoms with Crippen LogP contribution in [0.2, 0.25) is 0 Å². The minimum atomic E-state index is -0.0830. The molecule has 4 nitrogen and oxygen atoms in total. The Morgan fingerprint density at radius 3 is 2.43 bits per heavy atom. The molecule has 0 amide bonds. The lowest BCUT2D eigenvalue weighted by molar-refractivity contribution is 0.242. The van der Waals surface area contributed by atoms with E-state index >= 15 is 0 Å². The Kier molecular flexibility index (Phi) is 4.19. The van der Waals surface area contributed by atoms with Gasteiger partial charge in [0.15, 0.2) is 0 Å². The Hall–Kier alpha value is -2.30. The molecule has 0 bridgehead atoms. The van der Waals surface area contributed by atoms with Crippen molar-refractivity contribution in [2.45, 2.75) is 19.2 Å². The van der Waals surface area contributed by atoms with Crippen LogP contribution in [0.1, 0.15) is 28.9 Å². The van der Waals surface area contributed by atoms with Gasteiger partial charge in [0.05, 0.1) is 18.8 Å². The summed E-state index contributed by atoms with van der Waals surface area (Å²) >= 11 is 0. The molecule has 0 saturated carbocycles. The van der Waals surface area contributed by atoms with Crippen molar-refractivity contribution in [1.29, 1.82) is 0 Å². The van der Waals surface area contributed by atoms with Gasteiger partial charge in [-0.25, -0.2) is 0 Å². The molecule has 3 aromatic rings. The average Bonchev–Trinajstić information content (AvgIpc) is 3.20. The van der Waals surface area contributed by atoms with Crippen molar-refractivity contribution < 1.29 is 13.9 Å². The monoisotopic (exact) mass is 283 g/mol. The van der Waals surface area contributed by atoms with E-state index in [1.807, 2.05) is 36.4 Å². The molecule has 2 heterocycles. The lowest BCUT2D eigenvalue weighted by atomic mass is 10.0. The Morgan fingerprint density at radius 2 is 1.76 bits per heavy atom. The van der Waals surface area contributed by atoms with Crippen LogP contribution in [-0.4, -0.2) is 5.11 Å². The summed E-state index contributed by atoms with van der Waals surface area (Å²) in [5.41, 5.74) is 1.13. The second-order valence-corrected chi connectivity index (χ2v) is 4.77. The van der Waals surface area contributed by atoms with Crippen LogP contribution in [-0.2, 0) is 13.2 Å². The maximum Gasteiger partial charge on any atom is 0.129 e. The molecule has 0 aliphatic rings. The summed E-state index contributed by atoms with van der Waals surface area (Å²) in [6.45, 7) is 0.473. The van der Waals surface area contributed by atoms with Gasteiger partial charge in [0.1, 0.15) is 23.9 Å². The van der Waals surface area contributed by atoms with Gasteiger partial charge in [0.2, 0.25) is 0 Å². The van der Waals surface area contributed by atoms with Crippen LogP contribution in [0.5, 0.6) is 0 Å². The van der Waals surface area contributed by atoms with E-state index in [1.165, 1.54) is 0 Å². The van der Waals surface area contributed by atoms with E-state index in [1.54, 1.807) is 12.3 Å². The molecule has 21 heavy (non-hydrogen) atoms. The number of aliphatic hydroxyl groups excluding tert-OH is 1. The lowest BCUT2D eigenvalue weighted by Gasteiger charge is -2.16. The standard InChI is InChI=1S/C17H17NO3/c19-12-15-9-8-14(21-15)11-18-17(16-7-4-10-20-16)13-5-2-1-3-6-13/h1-10,17-19H,11-12H2. The zero-order valence-corrected chi connectivity index (χ0v) is 11.5. The molecule has 0 fully saturated rings. The van der Waals surface area contributed by atoms with Gasteiger partial charge in [-0.15, -0.1) is 0 Å². The molecule has 1 atom stereocenters. The predicted molar refractivity (Wildman–Crippen MR) is 78.5 cm³/mol. The van der Waals surface area contributed by atoms with Crippen molar-refractivity contribution in [1.82, 2.24) is 5.32 Å². The van der Waals surface area contributed by atoms with Crippen molar-refractivity contribution in [3.05, 3.63) is 83.7 Å². The maximum absolute atomic E-state index is 9.03. The summed E-state index contributed by atoms with van der Waals surface area (Å²) < 4.78 is 11.0. The van der Waals surface area contributed by atoms with Gasteiger partial charge < -0.3 is 13.9 Å². The van der Waals surface area contributed by atoms with E-state index < -0.39 is 0 Å². The summed E-state index contributed by atoms with van der Waals surface area (Å²) in [6, 6.07) is 17.5. The molecule has 1 unspecified atom stereocenters. The Labute approximate surface area is 123 Å². The largest absolute Gasteiger partial charge is 0.467 e. The summed E-state index contributed by atoms with van der Waals surface area (Å²) in [5, 5.41) is 12.5. The van der Waals surface area contributed by atoms with Crippen molar-refractivity contribution in [3.8, 4) is 0 Å². The SMILES string of the molecule is OCc1ccc(CNC(c2ccccc2)c2ccco2)o1. The van der Waals surface area contributed by atoms with E-state index in [-0.39, 0.29) is 12.6 Å². The average molecular weight is 283 g/mol. The number of benzene rings is 1. The van der Waals surface area contributed by atoms with Gasteiger partial charge in [-0.05, 0) is 29.8 Å². The Bertz CT molecular complexity index is 658. The third-order valence-corrected chi connectivity index (χ3v) is 3.31. The first-order valence-corrected chi connectivity index (χ1v) is 6.87. The quantitative estimate of drug-likeness (QED) is 0.729. The molecular weight excluding hydrogens is 266 g/mol. The molecule has 4 heteroatoms. The number of hydrogen-bond donors (Lipinski definition) is 2. The highest BCUT2D eigenvalue weighted by molar-refractivity contribution is 5.26. The third kappa shape index (κ3) is 3.24. The molecule has 0 spiro atoms. The normalized spacial score (nSPS) is 12.4. The summed E-state index contributed by atoms with van der Waals surface area (Å²) in [4.78, 5) is 0. The second kappa shape index (κ2) is 6.43. The molecule has 2 aromatic heterocycles. The van der Waals surface area contributed by atoms with Crippen molar-refractivity contribution in [2.75, 3.05) is 0 Å². The fourth-order valence-electron chi connectivity index (χ4n) is 2.29. The van der Waals surface area contributed by atoms with Crippen LogP contribution in [0.15, 0.2) is 69.7 Å². The minimum absolute atomic E-state index is 0.0381. The maximum atomic E-state index is 9.03. The van der Waals surface area contributed by atoms with E-state index in [4.69, 9.17) is 13.9 Å². The van der Waals surface area contributed by atoms with E-state index in [9.17, 15) is 0 Å². The van der Waals surface area contributed by atoms with Crippen LogP contribution < -0.4 is 5.32 Å². The number of aliphatic hydroxyl groups is 1. The first-order valence-electron chi connectivity index (χ1n) is 6.87. The Morgan fingerprint density at radius 1 is 0.952 bits per heavy atom. The zero-order chi connectivity index (χ0) is 14.5. The first-order chi connectivity index (χ1) is 10.4. The van der Waals surface area contributed by atoms with Gasteiger partial charge >= 0.3 is 0 Å². The molecule has 2 N–H and O–H groups in total. The number of hydrogen-bond acceptors (Lipinski definition) is 4. The first kappa shape index (κ1) is 13.7. The van der Waals surface area contributed by atoms with Gasteiger partial charge in [0, 0.05) is 0 Å². The second-order valence-electron chi connectivity index (χ2n) is 4.77. The summed E-state index contributed by atoms with van der Waals surface area (Å²) in [6.07, 6.45) is 1.67. The van der Waals surface area contributed by atoms with Crippen LogP contribution >= 0.6 is 0 Å². The molecular formula is C17H17NO3. The fraction of sp³-hybridized carbons (Fsp3) is 0.176. The zero-order valence-electron chi connectivity index (χ0n) is 11.5.